The molecule has 3 heteroatoms. The Balaban J connectivity index is 1.89. The van der Waals surface area contributed by atoms with Crippen molar-refractivity contribution in [3.05, 3.63) is 29.6 Å². The third-order valence-corrected chi connectivity index (χ3v) is 3.30. The summed E-state index contributed by atoms with van der Waals surface area (Å²) in [5, 5.41) is 0. The zero-order valence-corrected chi connectivity index (χ0v) is 9.95. The first-order valence-electron chi connectivity index (χ1n) is 6.21. The van der Waals surface area contributed by atoms with Crippen LogP contribution in [0.25, 0.3) is 0 Å². The standard InChI is InChI=1S/C13H21N3/c1-2-10-5-6-12(15-9-10)8-13(16-14)7-11-3-4-11/h5-6,9,11,13,16H,2-4,7-8,14H2,1H3. The number of hydrogen-bond donors (Lipinski definition) is 2. The highest BCUT2D eigenvalue weighted by Crippen LogP contribution is 2.33. The zero-order valence-electron chi connectivity index (χ0n) is 9.95. The van der Waals surface area contributed by atoms with E-state index in [0.717, 1.165) is 24.5 Å². The molecule has 3 N–H and O–H groups in total. The van der Waals surface area contributed by atoms with Crippen molar-refractivity contribution in [1.82, 2.24) is 10.4 Å². The molecular formula is C13H21N3. The Morgan fingerprint density at radius 3 is 2.81 bits per heavy atom. The molecule has 0 radical (unpaired) electrons. The van der Waals surface area contributed by atoms with Gasteiger partial charge < -0.3 is 0 Å². The lowest BCUT2D eigenvalue weighted by Crippen LogP contribution is -2.37. The van der Waals surface area contributed by atoms with Gasteiger partial charge in [0.15, 0.2) is 0 Å². The molecule has 0 aliphatic heterocycles. The maximum Gasteiger partial charge on any atom is 0.0419 e. The molecule has 88 valence electrons. The SMILES string of the molecule is CCc1ccc(CC(CC2CC2)NN)nc1. The van der Waals surface area contributed by atoms with Crippen molar-refractivity contribution in [3.8, 4) is 0 Å². The van der Waals surface area contributed by atoms with Gasteiger partial charge in [-0.3, -0.25) is 16.3 Å². The van der Waals surface area contributed by atoms with E-state index in [2.05, 4.69) is 29.5 Å². The summed E-state index contributed by atoms with van der Waals surface area (Å²) in [6, 6.07) is 4.66. The number of hydrogen-bond acceptors (Lipinski definition) is 3. The Morgan fingerprint density at radius 2 is 2.31 bits per heavy atom. The van der Waals surface area contributed by atoms with Crippen LogP contribution in [-0.2, 0) is 12.8 Å². The fraction of sp³-hybridized carbons (Fsp3) is 0.615. The summed E-state index contributed by atoms with van der Waals surface area (Å²) in [7, 11) is 0. The average Bonchev–Trinajstić information content (AvgIpc) is 3.13. The van der Waals surface area contributed by atoms with Crippen LogP contribution in [0.3, 0.4) is 0 Å². The molecule has 1 fully saturated rings. The van der Waals surface area contributed by atoms with Crippen LogP contribution < -0.4 is 11.3 Å². The summed E-state index contributed by atoms with van der Waals surface area (Å²) in [6.45, 7) is 2.15. The lowest BCUT2D eigenvalue weighted by atomic mass is 10.0. The normalized spacial score (nSPS) is 17.4. The molecule has 0 amide bonds. The van der Waals surface area contributed by atoms with Crippen LogP contribution in [0, 0.1) is 5.92 Å². The molecule has 1 aromatic rings. The van der Waals surface area contributed by atoms with Crippen molar-refractivity contribution in [1.29, 1.82) is 0 Å². The maximum atomic E-state index is 5.57. The van der Waals surface area contributed by atoms with E-state index in [0.29, 0.717) is 6.04 Å². The molecule has 0 spiro atoms. The van der Waals surface area contributed by atoms with Crippen LogP contribution in [0.15, 0.2) is 18.3 Å². The van der Waals surface area contributed by atoms with E-state index in [4.69, 9.17) is 5.84 Å². The quantitative estimate of drug-likeness (QED) is 0.567. The van der Waals surface area contributed by atoms with E-state index in [9.17, 15) is 0 Å². The number of nitrogens with zero attached hydrogens (tertiary/aromatic N) is 1. The molecule has 1 heterocycles. The van der Waals surface area contributed by atoms with Crippen LogP contribution >= 0.6 is 0 Å². The molecule has 0 aromatic carbocycles. The Bertz CT molecular complexity index is 316. The van der Waals surface area contributed by atoms with Gasteiger partial charge in [-0.2, -0.15) is 0 Å². The van der Waals surface area contributed by atoms with E-state index in [1.165, 1.54) is 24.8 Å². The van der Waals surface area contributed by atoms with Crippen LogP contribution in [0.2, 0.25) is 0 Å². The van der Waals surface area contributed by atoms with Crippen molar-refractivity contribution in [2.45, 2.75) is 45.1 Å². The molecular weight excluding hydrogens is 198 g/mol. The Labute approximate surface area is 97.4 Å². The number of pyridine rings is 1. The minimum absolute atomic E-state index is 0.382. The second kappa shape index (κ2) is 5.41. The topological polar surface area (TPSA) is 50.9 Å². The van der Waals surface area contributed by atoms with Gasteiger partial charge in [0.25, 0.3) is 0 Å². The predicted octanol–water partition coefficient (Wildman–Crippen LogP) is 1.82. The summed E-state index contributed by atoms with van der Waals surface area (Å²) in [4.78, 5) is 4.47. The van der Waals surface area contributed by atoms with Crippen molar-refractivity contribution >= 4 is 0 Å². The fourth-order valence-corrected chi connectivity index (χ4v) is 2.00. The number of nitrogens with two attached hydrogens (primary N) is 1. The second-order valence-electron chi connectivity index (χ2n) is 4.76. The predicted molar refractivity (Wildman–Crippen MR) is 65.8 cm³/mol. The van der Waals surface area contributed by atoms with Gasteiger partial charge in [-0.25, -0.2) is 0 Å². The minimum Gasteiger partial charge on any atom is -0.271 e. The van der Waals surface area contributed by atoms with E-state index in [1.54, 1.807) is 0 Å². The third-order valence-electron chi connectivity index (χ3n) is 3.30. The van der Waals surface area contributed by atoms with E-state index < -0.39 is 0 Å². The highest BCUT2D eigenvalue weighted by molar-refractivity contribution is 5.14. The summed E-state index contributed by atoms with van der Waals surface area (Å²) < 4.78 is 0. The zero-order chi connectivity index (χ0) is 11.4. The van der Waals surface area contributed by atoms with Crippen molar-refractivity contribution in [2.75, 3.05) is 0 Å². The van der Waals surface area contributed by atoms with Crippen molar-refractivity contribution in [3.63, 3.8) is 0 Å². The first-order chi connectivity index (χ1) is 7.81. The van der Waals surface area contributed by atoms with Gasteiger partial charge in [0.1, 0.15) is 0 Å². The smallest absolute Gasteiger partial charge is 0.0419 e. The van der Waals surface area contributed by atoms with Crippen molar-refractivity contribution < 1.29 is 0 Å². The Kier molecular flexibility index (Phi) is 3.91. The summed E-state index contributed by atoms with van der Waals surface area (Å²) in [5.41, 5.74) is 5.34. The van der Waals surface area contributed by atoms with Gasteiger partial charge >= 0.3 is 0 Å². The van der Waals surface area contributed by atoms with E-state index in [-0.39, 0.29) is 0 Å². The second-order valence-corrected chi connectivity index (χ2v) is 4.76. The molecule has 1 aliphatic rings. The molecule has 2 rings (SSSR count). The van der Waals surface area contributed by atoms with E-state index >= 15 is 0 Å². The van der Waals surface area contributed by atoms with Crippen LogP contribution in [0.1, 0.15) is 37.4 Å². The Hall–Kier alpha value is -0.930. The molecule has 1 atom stereocenters. The fourth-order valence-electron chi connectivity index (χ4n) is 2.00. The molecule has 1 saturated carbocycles. The maximum absolute atomic E-state index is 5.57. The summed E-state index contributed by atoms with van der Waals surface area (Å²) in [5.74, 6) is 6.47. The molecule has 1 aromatic heterocycles. The van der Waals surface area contributed by atoms with Gasteiger partial charge in [-0.15, -0.1) is 0 Å². The van der Waals surface area contributed by atoms with Crippen LogP contribution in [0.4, 0.5) is 0 Å². The largest absolute Gasteiger partial charge is 0.271 e. The molecule has 1 aliphatic carbocycles. The first kappa shape index (κ1) is 11.6. The molecule has 0 bridgehead atoms. The van der Waals surface area contributed by atoms with Crippen LogP contribution in [-0.4, -0.2) is 11.0 Å². The highest BCUT2D eigenvalue weighted by atomic mass is 15.2. The van der Waals surface area contributed by atoms with Gasteiger partial charge in [-0.05, 0) is 30.4 Å². The summed E-state index contributed by atoms with van der Waals surface area (Å²) >= 11 is 0. The Morgan fingerprint density at radius 1 is 1.50 bits per heavy atom. The number of rotatable bonds is 6. The number of hydrazine groups is 1. The van der Waals surface area contributed by atoms with Gasteiger partial charge in [0.05, 0.1) is 0 Å². The monoisotopic (exact) mass is 219 g/mol. The molecule has 3 nitrogen and oxygen atoms in total. The van der Waals surface area contributed by atoms with Gasteiger partial charge in [0.2, 0.25) is 0 Å². The number of nitrogens with one attached hydrogen (secondary N) is 1. The lowest BCUT2D eigenvalue weighted by molar-refractivity contribution is 0.462. The number of aromatic nitrogens is 1. The number of aryl methyl sites for hydroxylation is 1. The minimum atomic E-state index is 0.382. The third kappa shape index (κ3) is 3.29. The highest BCUT2D eigenvalue weighted by Gasteiger charge is 2.25. The first-order valence-corrected chi connectivity index (χ1v) is 6.21. The molecule has 1 unspecified atom stereocenters. The van der Waals surface area contributed by atoms with Crippen LogP contribution in [0.5, 0.6) is 0 Å². The van der Waals surface area contributed by atoms with Crippen molar-refractivity contribution in [2.24, 2.45) is 11.8 Å². The molecule has 16 heavy (non-hydrogen) atoms. The molecule has 0 saturated heterocycles. The van der Waals surface area contributed by atoms with Gasteiger partial charge in [0, 0.05) is 24.4 Å². The lowest BCUT2D eigenvalue weighted by Gasteiger charge is -2.14. The average molecular weight is 219 g/mol. The van der Waals surface area contributed by atoms with E-state index in [1.807, 2.05) is 6.20 Å². The van der Waals surface area contributed by atoms with Gasteiger partial charge in [-0.1, -0.05) is 25.8 Å². The summed E-state index contributed by atoms with van der Waals surface area (Å²) in [6.07, 6.45) is 7.90.